The van der Waals surface area contributed by atoms with Crippen molar-refractivity contribution in [2.75, 3.05) is 5.73 Å². The average Bonchev–Trinajstić information content (AvgIpc) is 2.96. The van der Waals surface area contributed by atoms with E-state index < -0.39 is 0 Å². The number of benzene rings is 1. The Morgan fingerprint density at radius 1 is 1.17 bits per heavy atom. The minimum atomic E-state index is -0.0263. The van der Waals surface area contributed by atoms with E-state index in [1.165, 1.54) is 6.42 Å². The fourth-order valence-electron chi connectivity index (χ4n) is 3.45. The molecule has 1 saturated heterocycles. The smallest absolute Gasteiger partial charge is 0.290 e. The van der Waals surface area contributed by atoms with Gasteiger partial charge < -0.3 is 15.1 Å². The molecule has 1 aliphatic rings. The van der Waals surface area contributed by atoms with E-state index in [1.807, 2.05) is 36.1 Å². The van der Waals surface area contributed by atoms with E-state index in [0.29, 0.717) is 17.2 Å². The zero-order valence-electron chi connectivity index (χ0n) is 14.0. The van der Waals surface area contributed by atoms with Gasteiger partial charge in [0.15, 0.2) is 5.76 Å². The first kappa shape index (κ1) is 15.7. The summed E-state index contributed by atoms with van der Waals surface area (Å²) in [5, 5.41) is 0. The van der Waals surface area contributed by atoms with Crippen LogP contribution in [0.2, 0.25) is 0 Å². The molecule has 1 amide bonds. The molecule has 4 heteroatoms. The second-order valence-corrected chi connectivity index (χ2v) is 6.60. The Morgan fingerprint density at radius 3 is 2.52 bits per heavy atom. The van der Waals surface area contributed by atoms with Crippen molar-refractivity contribution in [2.24, 2.45) is 0 Å². The number of likely N-dealkylation sites (tertiary alicyclic amines) is 1. The molecule has 2 atom stereocenters. The van der Waals surface area contributed by atoms with Crippen LogP contribution in [0.1, 0.15) is 49.2 Å². The summed E-state index contributed by atoms with van der Waals surface area (Å²) < 4.78 is 5.83. The van der Waals surface area contributed by atoms with Crippen molar-refractivity contribution in [3.05, 3.63) is 41.7 Å². The van der Waals surface area contributed by atoms with E-state index in [2.05, 4.69) is 13.8 Å². The third-order valence-electron chi connectivity index (χ3n) is 4.72. The minimum absolute atomic E-state index is 0.0263. The molecule has 3 rings (SSSR count). The second kappa shape index (κ2) is 6.11. The molecule has 0 saturated carbocycles. The van der Waals surface area contributed by atoms with Crippen molar-refractivity contribution < 1.29 is 9.21 Å². The molecule has 0 radical (unpaired) electrons. The van der Waals surface area contributed by atoms with Gasteiger partial charge in [-0.15, -0.1) is 0 Å². The van der Waals surface area contributed by atoms with Crippen molar-refractivity contribution >= 4 is 11.6 Å². The summed E-state index contributed by atoms with van der Waals surface area (Å²) in [6, 6.07) is 9.93. The predicted molar refractivity (Wildman–Crippen MR) is 92.2 cm³/mol. The van der Waals surface area contributed by atoms with E-state index in [4.69, 9.17) is 10.2 Å². The van der Waals surface area contributed by atoms with Crippen molar-refractivity contribution in [2.45, 2.75) is 52.1 Å². The summed E-state index contributed by atoms with van der Waals surface area (Å²) in [4.78, 5) is 14.8. The zero-order chi connectivity index (χ0) is 16.6. The number of nitrogen functional groups attached to an aromatic ring is 1. The predicted octanol–water partition coefficient (Wildman–Crippen LogP) is 4.24. The molecule has 4 nitrogen and oxygen atoms in total. The molecule has 0 spiro atoms. The average molecular weight is 312 g/mol. The lowest BCUT2D eigenvalue weighted by atomic mass is 9.97. The third kappa shape index (κ3) is 2.98. The zero-order valence-corrected chi connectivity index (χ0v) is 14.0. The highest BCUT2D eigenvalue weighted by atomic mass is 16.4. The molecule has 2 N–H and O–H groups in total. The number of amides is 1. The first-order chi connectivity index (χ1) is 11.0. The molecule has 0 aliphatic carbocycles. The number of piperidine rings is 1. The lowest BCUT2D eigenvalue weighted by molar-refractivity contribution is 0.0479. The maximum atomic E-state index is 12.8. The number of carbonyl (C=O) groups excluding carboxylic acids is 1. The number of carbonyl (C=O) groups is 1. The maximum absolute atomic E-state index is 12.8. The van der Waals surface area contributed by atoms with Gasteiger partial charge in [0.05, 0.1) is 0 Å². The number of hydrogen-bond acceptors (Lipinski definition) is 3. The molecular formula is C19H24N2O2. The summed E-state index contributed by atoms with van der Waals surface area (Å²) in [7, 11) is 0. The summed E-state index contributed by atoms with van der Waals surface area (Å²) in [5.41, 5.74) is 8.67. The minimum Gasteiger partial charge on any atom is -0.451 e. The molecule has 1 aliphatic heterocycles. The fraction of sp³-hybridized carbons (Fsp3) is 0.421. The van der Waals surface area contributed by atoms with E-state index in [-0.39, 0.29) is 18.0 Å². The number of hydrogen-bond donors (Lipinski definition) is 1. The van der Waals surface area contributed by atoms with Gasteiger partial charge in [-0.1, -0.05) is 6.07 Å². The summed E-state index contributed by atoms with van der Waals surface area (Å²) in [6.45, 7) is 6.21. The highest BCUT2D eigenvalue weighted by molar-refractivity contribution is 5.93. The molecule has 0 bridgehead atoms. The molecule has 2 unspecified atom stereocenters. The Kier molecular flexibility index (Phi) is 4.16. The molecule has 122 valence electrons. The van der Waals surface area contributed by atoms with Crippen LogP contribution in [0.4, 0.5) is 5.69 Å². The van der Waals surface area contributed by atoms with Crippen molar-refractivity contribution in [1.29, 1.82) is 0 Å². The van der Waals surface area contributed by atoms with Crippen LogP contribution >= 0.6 is 0 Å². The Morgan fingerprint density at radius 2 is 1.87 bits per heavy atom. The normalized spacial score (nSPS) is 21.4. The van der Waals surface area contributed by atoms with Crippen LogP contribution in [0, 0.1) is 6.92 Å². The third-order valence-corrected chi connectivity index (χ3v) is 4.72. The quantitative estimate of drug-likeness (QED) is 0.844. The van der Waals surface area contributed by atoms with Crippen molar-refractivity contribution in [3.8, 4) is 11.3 Å². The summed E-state index contributed by atoms with van der Waals surface area (Å²) >= 11 is 0. The number of anilines is 1. The monoisotopic (exact) mass is 312 g/mol. The maximum Gasteiger partial charge on any atom is 0.290 e. The Balaban J connectivity index is 1.88. The Hall–Kier alpha value is -2.23. The largest absolute Gasteiger partial charge is 0.451 e. The van der Waals surface area contributed by atoms with E-state index in [0.717, 1.165) is 24.0 Å². The van der Waals surface area contributed by atoms with E-state index in [9.17, 15) is 4.79 Å². The van der Waals surface area contributed by atoms with Crippen LogP contribution in [-0.2, 0) is 0 Å². The molecule has 1 aromatic carbocycles. The van der Waals surface area contributed by atoms with Crippen LogP contribution in [0.25, 0.3) is 11.3 Å². The van der Waals surface area contributed by atoms with Crippen LogP contribution in [0.5, 0.6) is 0 Å². The number of aryl methyl sites for hydroxylation is 1. The van der Waals surface area contributed by atoms with Crippen LogP contribution in [0.15, 0.2) is 34.7 Å². The second-order valence-electron chi connectivity index (χ2n) is 6.60. The first-order valence-corrected chi connectivity index (χ1v) is 8.26. The van der Waals surface area contributed by atoms with Crippen molar-refractivity contribution in [3.63, 3.8) is 0 Å². The van der Waals surface area contributed by atoms with Gasteiger partial charge in [-0.05, 0) is 69.9 Å². The van der Waals surface area contributed by atoms with Gasteiger partial charge in [-0.25, -0.2) is 0 Å². The topological polar surface area (TPSA) is 59.5 Å². The fourth-order valence-corrected chi connectivity index (χ4v) is 3.45. The number of nitrogens with two attached hydrogens (primary N) is 1. The molecule has 1 aromatic heterocycles. The van der Waals surface area contributed by atoms with E-state index >= 15 is 0 Å². The molecule has 2 aromatic rings. The highest BCUT2D eigenvalue weighted by Gasteiger charge is 2.31. The van der Waals surface area contributed by atoms with Crippen LogP contribution < -0.4 is 5.73 Å². The number of nitrogens with zero attached hydrogens (tertiary/aromatic N) is 1. The van der Waals surface area contributed by atoms with Gasteiger partial charge in [0.1, 0.15) is 5.76 Å². The molecule has 1 fully saturated rings. The first-order valence-electron chi connectivity index (χ1n) is 8.26. The highest BCUT2D eigenvalue weighted by Crippen LogP contribution is 2.30. The van der Waals surface area contributed by atoms with Gasteiger partial charge in [0.25, 0.3) is 5.91 Å². The van der Waals surface area contributed by atoms with Gasteiger partial charge in [0, 0.05) is 23.3 Å². The number of furan rings is 1. The lowest BCUT2D eigenvalue weighted by Crippen LogP contribution is -2.47. The lowest BCUT2D eigenvalue weighted by Gasteiger charge is -2.38. The van der Waals surface area contributed by atoms with Gasteiger partial charge >= 0.3 is 0 Å². The standard InChI is InChI=1S/C19H24N2O2/c1-12-7-8-15(16(20)11-12)17-9-10-18(23-17)19(22)21-13(2)5-4-6-14(21)3/h7-11,13-14H,4-6,20H2,1-3H3. The molecule has 2 heterocycles. The molecular weight excluding hydrogens is 288 g/mol. The molecule has 23 heavy (non-hydrogen) atoms. The van der Waals surface area contributed by atoms with E-state index in [1.54, 1.807) is 6.07 Å². The Bertz CT molecular complexity index is 710. The van der Waals surface area contributed by atoms with Gasteiger partial charge in [0.2, 0.25) is 0 Å². The summed E-state index contributed by atoms with van der Waals surface area (Å²) in [6.07, 6.45) is 3.28. The summed E-state index contributed by atoms with van der Waals surface area (Å²) in [5.74, 6) is 1.00. The van der Waals surface area contributed by atoms with Crippen molar-refractivity contribution in [1.82, 2.24) is 4.90 Å². The van der Waals surface area contributed by atoms with Gasteiger partial charge in [-0.3, -0.25) is 4.79 Å². The van der Waals surface area contributed by atoms with Gasteiger partial charge in [-0.2, -0.15) is 0 Å². The van der Waals surface area contributed by atoms with Crippen LogP contribution in [-0.4, -0.2) is 22.9 Å². The SMILES string of the molecule is Cc1ccc(-c2ccc(C(=O)N3C(C)CCCC3C)o2)c(N)c1. The Labute approximate surface area is 137 Å². The number of rotatable bonds is 2. The van der Waals surface area contributed by atoms with Crippen LogP contribution in [0.3, 0.4) is 0 Å².